The minimum absolute atomic E-state index is 0.0967. The topological polar surface area (TPSA) is 15.6 Å². The van der Waals surface area contributed by atoms with Crippen LogP contribution in [0.25, 0.3) is 54.9 Å². The van der Waals surface area contributed by atoms with Gasteiger partial charge in [0.2, 0.25) is 0 Å². The summed E-state index contributed by atoms with van der Waals surface area (Å²) in [7, 11) is 0. The third kappa shape index (κ3) is 4.60. The first kappa shape index (κ1) is 28.3. The Kier molecular flexibility index (Phi) is 6.69. The molecular weight excluding hydrogens is 581 g/mol. The lowest BCUT2D eigenvalue weighted by Crippen LogP contribution is -2.44. The number of aliphatic imine (C=N–C) groups is 1. The number of benzene rings is 7. The molecule has 2 nitrogen and oxygen atoms in total. The Balaban J connectivity index is 1.30. The van der Waals surface area contributed by atoms with Crippen LogP contribution in [0, 0.1) is 0 Å². The molecule has 7 aromatic carbocycles. The van der Waals surface area contributed by atoms with E-state index in [9.17, 15) is 0 Å². The van der Waals surface area contributed by atoms with Crippen LogP contribution in [0.5, 0.6) is 0 Å². The highest BCUT2D eigenvalue weighted by Crippen LogP contribution is 2.45. The van der Waals surface area contributed by atoms with E-state index in [1.807, 2.05) is 0 Å². The molecule has 48 heavy (non-hydrogen) atoms. The molecule has 7 aromatic rings. The van der Waals surface area contributed by atoms with Crippen molar-refractivity contribution in [3.05, 3.63) is 188 Å². The average molecular weight is 615 g/mol. The average Bonchev–Trinajstić information content (AvgIpc) is 3.48. The maximum atomic E-state index is 5.47. The van der Waals surface area contributed by atoms with Crippen molar-refractivity contribution in [2.24, 2.45) is 4.99 Å². The Bertz CT molecular complexity index is 2390. The molecule has 1 heterocycles. The van der Waals surface area contributed by atoms with E-state index in [0.717, 1.165) is 17.1 Å². The summed E-state index contributed by atoms with van der Waals surface area (Å²) in [6.45, 7) is 2.24. The van der Waals surface area contributed by atoms with Crippen LogP contribution in [-0.2, 0) is 0 Å². The zero-order valence-corrected chi connectivity index (χ0v) is 26.8. The maximum Gasteiger partial charge on any atom is 0.137 e. The van der Waals surface area contributed by atoms with Gasteiger partial charge in [0.25, 0.3) is 0 Å². The van der Waals surface area contributed by atoms with Gasteiger partial charge in [-0.15, -0.1) is 0 Å². The smallest absolute Gasteiger partial charge is 0.137 e. The summed E-state index contributed by atoms with van der Waals surface area (Å²) in [5.41, 5.74) is 9.27. The second-order valence-electron chi connectivity index (χ2n) is 12.9. The van der Waals surface area contributed by atoms with E-state index in [1.165, 1.54) is 54.9 Å². The largest absolute Gasteiger partial charge is 0.316 e. The molecular formula is C46H34N2. The fraction of sp³-hybridized carbons (Fsp3) is 0.0652. The number of nitrogens with zero attached hydrogens (tertiary/aromatic N) is 2. The van der Waals surface area contributed by atoms with E-state index in [0.29, 0.717) is 0 Å². The van der Waals surface area contributed by atoms with Gasteiger partial charge in [0.15, 0.2) is 0 Å². The Morgan fingerprint density at radius 3 is 1.67 bits per heavy atom. The first-order chi connectivity index (χ1) is 23.7. The monoisotopic (exact) mass is 614 g/mol. The summed E-state index contributed by atoms with van der Waals surface area (Å²) in [5, 5.41) is 4.95. The van der Waals surface area contributed by atoms with Crippen molar-refractivity contribution in [3.8, 4) is 33.4 Å². The van der Waals surface area contributed by atoms with Crippen molar-refractivity contribution in [2.45, 2.75) is 18.5 Å². The van der Waals surface area contributed by atoms with Gasteiger partial charge in [0.05, 0.1) is 6.04 Å². The maximum absolute atomic E-state index is 5.47. The molecule has 0 N–H and O–H groups in total. The van der Waals surface area contributed by atoms with Gasteiger partial charge in [-0.05, 0) is 80.0 Å². The van der Waals surface area contributed by atoms with E-state index < -0.39 is 0 Å². The molecule has 9 rings (SSSR count). The molecule has 0 saturated heterocycles. The van der Waals surface area contributed by atoms with Crippen LogP contribution < -0.4 is 4.90 Å². The summed E-state index contributed by atoms with van der Waals surface area (Å²) in [6.07, 6.45) is 8.80. The standard InChI is InChI=1S/C46H34N2/c1-46-30-14-13-23-42(46)48(37-19-9-4-10-20-37)45(47-46)36-28-29-40-41(31-36)44(34-17-7-3-8-18-34)39-22-12-11-21-38(39)43(40)35-26-24-33(25-27-35)32-15-5-2-6-16-32/h2-31,42H,1H3. The highest BCUT2D eigenvalue weighted by Gasteiger charge is 2.44. The van der Waals surface area contributed by atoms with Gasteiger partial charge in [-0.2, -0.15) is 0 Å². The highest BCUT2D eigenvalue weighted by molar-refractivity contribution is 6.23. The van der Waals surface area contributed by atoms with Crippen LogP contribution in [0.1, 0.15) is 12.5 Å². The molecule has 0 spiro atoms. The molecule has 2 heteroatoms. The van der Waals surface area contributed by atoms with Crippen LogP contribution in [0.2, 0.25) is 0 Å². The summed E-state index contributed by atoms with van der Waals surface area (Å²) < 4.78 is 0. The molecule has 0 bridgehead atoms. The molecule has 0 aromatic heterocycles. The third-order valence-corrected chi connectivity index (χ3v) is 9.95. The molecule has 228 valence electrons. The van der Waals surface area contributed by atoms with E-state index in [2.05, 4.69) is 194 Å². The number of hydrogen-bond acceptors (Lipinski definition) is 2. The lowest BCUT2D eigenvalue weighted by atomic mass is 9.85. The fourth-order valence-electron chi connectivity index (χ4n) is 7.66. The number of amidine groups is 1. The third-order valence-electron chi connectivity index (χ3n) is 9.95. The lowest BCUT2D eigenvalue weighted by Gasteiger charge is -2.33. The summed E-state index contributed by atoms with van der Waals surface area (Å²) in [6, 6.07) is 57.1. The van der Waals surface area contributed by atoms with Gasteiger partial charge in [0.1, 0.15) is 11.4 Å². The summed E-state index contributed by atoms with van der Waals surface area (Å²) >= 11 is 0. The number of anilines is 1. The predicted molar refractivity (Wildman–Crippen MR) is 204 cm³/mol. The molecule has 1 aliphatic heterocycles. The Labute approximate surface area is 281 Å². The zero-order valence-electron chi connectivity index (χ0n) is 26.8. The quantitative estimate of drug-likeness (QED) is 0.176. The van der Waals surface area contributed by atoms with Crippen LogP contribution in [0.3, 0.4) is 0 Å². The van der Waals surface area contributed by atoms with Gasteiger partial charge < -0.3 is 4.90 Å². The van der Waals surface area contributed by atoms with Crippen molar-refractivity contribution in [2.75, 3.05) is 4.90 Å². The molecule has 2 unspecified atom stereocenters. The van der Waals surface area contributed by atoms with Gasteiger partial charge in [0, 0.05) is 11.3 Å². The molecule has 0 saturated carbocycles. The molecule has 2 aliphatic rings. The summed E-state index contributed by atoms with van der Waals surface area (Å²) in [4.78, 5) is 7.88. The van der Waals surface area contributed by atoms with E-state index in [4.69, 9.17) is 4.99 Å². The number of hydrogen-bond donors (Lipinski definition) is 0. The lowest BCUT2D eigenvalue weighted by molar-refractivity contribution is 0.549. The minimum atomic E-state index is -0.355. The Morgan fingerprint density at radius 1 is 0.479 bits per heavy atom. The Morgan fingerprint density at radius 2 is 0.979 bits per heavy atom. The van der Waals surface area contributed by atoms with E-state index >= 15 is 0 Å². The number of para-hydroxylation sites is 1. The van der Waals surface area contributed by atoms with Gasteiger partial charge >= 0.3 is 0 Å². The fourth-order valence-corrected chi connectivity index (χ4v) is 7.66. The zero-order chi connectivity index (χ0) is 32.1. The van der Waals surface area contributed by atoms with E-state index in [1.54, 1.807) is 0 Å². The molecule has 0 amide bonds. The SMILES string of the molecule is CC12C=CC=CC1N(c1ccccc1)C(c1ccc3c(-c4ccc(-c5ccccc5)cc4)c4ccccc4c(-c4ccccc4)c3c1)=N2. The second kappa shape index (κ2) is 11.4. The Hall–Kier alpha value is -5.99. The number of fused-ring (bicyclic) bond motifs is 3. The van der Waals surface area contributed by atoms with Gasteiger partial charge in [-0.25, -0.2) is 0 Å². The highest BCUT2D eigenvalue weighted by atomic mass is 15.3. The molecule has 0 fully saturated rings. The van der Waals surface area contributed by atoms with Crippen LogP contribution in [0.15, 0.2) is 187 Å². The van der Waals surface area contributed by atoms with Crippen molar-refractivity contribution in [1.82, 2.24) is 0 Å². The van der Waals surface area contributed by atoms with Crippen LogP contribution >= 0.6 is 0 Å². The molecule has 0 radical (unpaired) electrons. The second-order valence-corrected chi connectivity index (χ2v) is 12.9. The number of rotatable bonds is 5. The first-order valence-corrected chi connectivity index (χ1v) is 16.7. The number of allylic oxidation sites excluding steroid dienone is 2. The van der Waals surface area contributed by atoms with Crippen molar-refractivity contribution in [3.63, 3.8) is 0 Å². The predicted octanol–water partition coefficient (Wildman–Crippen LogP) is 11.5. The van der Waals surface area contributed by atoms with Crippen molar-refractivity contribution >= 4 is 33.1 Å². The van der Waals surface area contributed by atoms with Crippen LogP contribution in [0.4, 0.5) is 5.69 Å². The van der Waals surface area contributed by atoms with Crippen molar-refractivity contribution < 1.29 is 0 Å². The molecule has 1 aliphatic carbocycles. The van der Waals surface area contributed by atoms with Crippen molar-refractivity contribution in [1.29, 1.82) is 0 Å². The molecule has 2 atom stereocenters. The van der Waals surface area contributed by atoms with Gasteiger partial charge in [-0.1, -0.05) is 164 Å². The minimum Gasteiger partial charge on any atom is -0.316 e. The first-order valence-electron chi connectivity index (χ1n) is 16.7. The van der Waals surface area contributed by atoms with Gasteiger partial charge in [-0.3, -0.25) is 4.99 Å². The van der Waals surface area contributed by atoms with Crippen LogP contribution in [-0.4, -0.2) is 17.4 Å². The normalized spacial score (nSPS) is 18.3. The summed E-state index contributed by atoms with van der Waals surface area (Å²) in [5.74, 6) is 0.993. The van der Waals surface area contributed by atoms with E-state index in [-0.39, 0.29) is 11.6 Å².